The number of aryl methyl sites for hydroxylation is 1. The number of nitrogens with zero attached hydrogens (tertiary/aromatic N) is 3. The third-order valence-corrected chi connectivity index (χ3v) is 2.64. The predicted octanol–water partition coefficient (Wildman–Crippen LogP) is 2.93. The van der Waals surface area contributed by atoms with Gasteiger partial charge in [0, 0.05) is 25.0 Å². The maximum Gasteiger partial charge on any atom is 0.129 e. The van der Waals surface area contributed by atoms with Crippen LogP contribution >= 0.6 is 11.6 Å². The minimum absolute atomic E-state index is 0.531. The normalized spacial score (nSPS) is 10.6. The van der Waals surface area contributed by atoms with Gasteiger partial charge in [0.15, 0.2) is 0 Å². The molecule has 0 unspecified atom stereocenters. The lowest BCUT2D eigenvalue weighted by Gasteiger charge is -2.06. The van der Waals surface area contributed by atoms with Crippen molar-refractivity contribution in [3.05, 3.63) is 47.3 Å². The summed E-state index contributed by atoms with van der Waals surface area (Å²) >= 11 is 5.74. The molecule has 3 nitrogen and oxygen atoms in total. The van der Waals surface area contributed by atoms with E-state index in [4.69, 9.17) is 11.6 Å². The topological polar surface area (TPSA) is 30.7 Å². The molecule has 2 heterocycles. The largest absolute Gasteiger partial charge is 0.330 e. The van der Waals surface area contributed by atoms with Crippen molar-refractivity contribution >= 4 is 11.6 Å². The molecular formula is C12H14ClN3. The molecule has 0 amide bonds. The highest BCUT2D eigenvalue weighted by Crippen LogP contribution is 2.09. The Hall–Kier alpha value is -1.35. The van der Waals surface area contributed by atoms with Crippen LogP contribution in [0.5, 0.6) is 0 Å². The Bertz CT molecular complexity index is 448. The van der Waals surface area contributed by atoms with Gasteiger partial charge in [-0.05, 0) is 18.1 Å². The monoisotopic (exact) mass is 235 g/mol. The maximum atomic E-state index is 5.74. The van der Waals surface area contributed by atoms with E-state index in [1.807, 2.05) is 24.5 Å². The predicted molar refractivity (Wildman–Crippen MR) is 64.6 cm³/mol. The third-order valence-electron chi connectivity index (χ3n) is 2.42. The Balaban J connectivity index is 2.13. The number of hydrogen-bond acceptors (Lipinski definition) is 2. The Morgan fingerprint density at radius 1 is 1.31 bits per heavy atom. The molecule has 0 bridgehead atoms. The molecule has 16 heavy (non-hydrogen) atoms. The smallest absolute Gasteiger partial charge is 0.129 e. The summed E-state index contributed by atoms with van der Waals surface area (Å²) < 4.78 is 2.15. The van der Waals surface area contributed by atoms with E-state index >= 15 is 0 Å². The third kappa shape index (κ3) is 2.61. The Morgan fingerprint density at radius 2 is 2.19 bits per heavy atom. The number of halogens is 1. The van der Waals surface area contributed by atoms with Crippen molar-refractivity contribution in [1.82, 2.24) is 14.5 Å². The average Bonchev–Trinajstić information content (AvgIpc) is 2.70. The average molecular weight is 236 g/mol. The van der Waals surface area contributed by atoms with Crippen LogP contribution < -0.4 is 0 Å². The van der Waals surface area contributed by atoms with E-state index in [1.165, 1.54) is 0 Å². The van der Waals surface area contributed by atoms with Crippen LogP contribution in [0.3, 0.4) is 0 Å². The van der Waals surface area contributed by atoms with Gasteiger partial charge in [0.1, 0.15) is 11.0 Å². The van der Waals surface area contributed by atoms with Crippen LogP contribution in [-0.2, 0) is 13.0 Å². The van der Waals surface area contributed by atoms with Gasteiger partial charge in [0.25, 0.3) is 0 Å². The zero-order valence-electron chi connectivity index (χ0n) is 9.23. The van der Waals surface area contributed by atoms with Gasteiger partial charge >= 0.3 is 0 Å². The van der Waals surface area contributed by atoms with E-state index in [0.29, 0.717) is 5.15 Å². The highest BCUT2D eigenvalue weighted by atomic mass is 35.5. The van der Waals surface area contributed by atoms with Gasteiger partial charge in [-0.1, -0.05) is 24.6 Å². The van der Waals surface area contributed by atoms with Gasteiger partial charge in [-0.2, -0.15) is 0 Å². The molecule has 2 rings (SSSR count). The van der Waals surface area contributed by atoms with Crippen LogP contribution in [0.15, 0.2) is 30.7 Å². The van der Waals surface area contributed by atoms with Gasteiger partial charge in [-0.25, -0.2) is 9.97 Å². The first-order valence-electron chi connectivity index (χ1n) is 5.40. The molecule has 84 valence electrons. The molecule has 0 radical (unpaired) electrons. The zero-order chi connectivity index (χ0) is 11.4. The van der Waals surface area contributed by atoms with E-state index in [2.05, 4.69) is 21.5 Å². The molecular weight excluding hydrogens is 222 g/mol. The summed E-state index contributed by atoms with van der Waals surface area (Å²) in [7, 11) is 0. The molecule has 0 aliphatic heterocycles. The second kappa shape index (κ2) is 5.12. The molecule has 0 N–H and O–H groups in total. The lowest BCUT2D eigenvalue weighted by molar-refractivity contribution is 0.703. The zero-order valence-corrected chi connectivity index (χ0v) is 9.98. The van der Waals surface area contributed by atoms with Crippen molar-refractivity contribution in [2.75, 3.05) is 0 Å². The summed E-state index contributed by atoms with van der Waals surface area (Å²) in [5.74, 6) is 1.12. The number of hydrogen-bond donors (Lipinski definition) is 0. The molecule has 2 aromatic rings. The van der Waals surface area contributed by atoms with Gasteiger partial charge in [-0.15, -0.1) is 0 Å². The van der Waals surface area contributed by atoms with Crippen LogP contribution in [0.25, 0.3) is 0 Å². The lowest BCUT2D eigenvalue weighted by Crippen LogP contribution is -2.04. The number of aromatic nitrogens is 3. The minimum Gasteiger partial charge on any atom is -0.330 e. The summed E-state index contributed by atoms with van der Waals surface area (Å²) in [6.45, 7) is 2.96. The summed E-state index contributed by atoms with van der Waals surface area (Å²) in [4.78, 5) is 8.40. The number of pyridine rings is 1. The fraction of sp³-hybridized carbons (Fsp3) is 0.333. The van der Waals surface area contributed by atoms with Crippen LogP contribution in [0.4, 0.5) is 0 Å². The second-order valence-electron chi connectivity index (χ2n) is 3.71. The van der Waals surface area contributed by atoms with Crippen molar-refractivity contribution in [1.29, 1.82) is 0 Å². The van der Waals surface area contributed by atoms with Crippen molar-refractivity contribution in [3.8, 4) is 0 Å². The fourth-order valence-electron chi connectivity index (χ4n) is 1.63. The Labute approximate surface area is 100 Å². The Kier molecular flexibility index (Phi) is 3.57. The van der Waals surface area contributed by atoms with E-state index in [0.717, 1.165) is 30.8 Å². The van der Waals surface area contributed by atoms with Gasteiger partial charge in [0.05, 0.1) is 6.54 Å². The van der Waals surface area contributed by atoms with Crippen LogP contribution in [0.1, 0.15) is 24.7 Å². The summed E-state index contributed by atoms with van der Waals surface area (Å²) in [6.07, 6.45) is 7.76. The minimum atomic E-state index is 0.531. The molecule has 0 aliphatic carbocycles. The van der Waals surface area contributed by atoms with E-state index in [9.17, 15) is 0 Å². The maximum absolute atomic E-state index is 5.74. The SMILES string of the molecule is CCCc1nccn1Cc1ccc(Cl)nc1. The highest BCUT2D eigenvalue weighted by Gasteiger charge is 2.02. The molecule has 2 aromatic heterocycles. The molecule has 0 saturated heterocycles. The van der Waals surface area contributed by atoms with Crippen LogP contribution in [0.2, 0.25) is 5.15 Å². The van der Waals surface area contributed by atoms with Crippen LogP contribution in [0, 0.1) is 0 Å². The van der Waals surface area contributed by atoms with E-state index in [1.54, 1.807) is 6.20 Å². The second-order valence-corrected chi connectivity index (χ2v) is 4.10. The standard InChI is InChI=1S/C12H14ClN3/c1-2-3-12-14-6-7-16(12)9-10-4-5-11(13)15-8-10/h4-8H,2-3,9H2,1H3. The number of imidazole rings is 1. The Morgan fingerprint density at radius 3 is 2.88 bits per heavy atom. The first-order valence-corrected chi connectivity index (χ1v) is 5.78. The van der Waals surface area contributed by atoms with Crippen molar-refractivity contribution < 1.29 is 0 Å². The molecule has 0 atom stereocenters. The van der Waals surface area contributed by atoms with Gasteiger partial charge < -0.3 is 4.57 Å². The summed E-state index contributed by atoms with van der Waals surface area (Å²) in [6, 6.07) is 3.80. The molecule has 0 saturated carbocycles. The van der Waals surface area contributed by atoms with Crippen molar-refractivity contribution in [3.63, 3.8) is 0 Å². The fourth-order valence-corrected chi connectivity index (χ4v) is 1.74. The van der Waals surface area contributed by atoms with E-state index in [-0.39, 0.29) is 0 Å². The molecule has 0 fully saturated rings. The lowest BCUT2D eigenvalue weighted by atomic mass is 10.2. The molecule has 0 spiro atoms. The molecule has 4 heteroatoms. The van der Waals surface area contributed by atoms with Crippen molar-refractivity contribution in [2.24, 2.45) is 0 Å². The van der Waals surface area contributed by atoms with Crippen LogP contribution in [-0.4, -0.2) is 14.5 Å². The molecule has 0 aromatic carbocycles. The van der Waals surface area contributed by atoms with Crippen molar-refractivity contribution in [2.45, 2.75) is 26.3 Å². The molecule has 0 aliphatic rings. The van der Waals surface area contributed by atoms with Gasteiger partial charge in [0.2, 0.25) is 0 Å². The first-order chi connectivity index (χ1) is 7.79. The quantitative estimate of drug-likeness (QED) is 0.763. The summed E-state index contributed by atoms with van der Waals surface area (Å²) in [5.41, 5.74) is 1.14. The highest BCUT2D eigenvalue weighted by molar-refractivity contribution is 6.29. The first kappa shape index (κ1) is 11.1. The van der Waals surface area contributed by atoms with Gasteiger partial charge in [-0.3, -0.25) is 0 Å². The summed E-state index contributed by atoms with van der Waals surface area (Å²) in [5, 5.41) is 0.531. The van der Waals surface area contributed by atoms with E-state index < -0.39 is 0 Å². The number of rotatable bonds is 4.